The van der Waals surface area contributed by atoms with E-state index >= 15 is 0 Å². The lowest BCUT2D eigenvalue weighted by molar-refractivity contribution is -0.146. The summed E-state index contributed by atoms with van der Waals surface area (Å²) in [5.41, 5.74) is -1.98. The lowest BCUT2D eigenvalue weighted by Crippen LogP contribution is -2.52. The fraction of sp³-hybridized carbons (Fsp3) is 0.484. The first-order valence-corrected chi connectivity index (χ1v) is 15.2. The van der Waals surface area contributed by atoms with E-state index in [0.717, 1.165) is 35.8 Å². The Hall–Kier alpha value is -3.74. The second-order valence-electron chi connectivity index (χ2n) is 12.1. The molecule has 1 aromatic carbocycles. The van der Waals surface area contributed by atoms with E-state index in [1.807, 2.05) is 24.3 Å². The molecule has 0 amide bonds. The number of carboxylic acid groups (broad SMARTS) is 1. The minimum Gasteiger partial charge on any atom is -0.496 e. The Bertz CT molecular complexity index is 1770. The fourth-order valence-corrected chi connectivity index (χ4v) is 8.06. The maximum Gasteiger partial charge on any atom is 0.333 e. The molecule has 0 saturated heterocycles. The summed E-state index contributed by atoms with van der Waals surface area (Å²) in [7, 11) is 1.57. The van der Waals surface area contributed by atoms with Crippen LogP contribution >= 0.6 is 11.3 Å². The molecule has 3 aromatic heterocycles. The van der Waals surface area contributed by atoms with Gasteiger partial charge in [-0.25, -0.2) is 19.1 Å². The summed E-state index contributed by atoms with van der Waals surface area (Å²) in [5, 5.41) is 20.4. The van der Waals surface area contributed by atoms with Crippen LogP contribution in [0.25, 0.3) is 21.0 Å². The maximum absolute atomic E-state index is 14.2. The third kappa shape index (κ3) is 5.00. The predicted octanol–water partition coefficient (Wildman–Crippen LogP) is 4.32. The molecule has 3 heterocycles. The van der Waals surface area contributed by atoms with Crippen molar-refractivity contribution in [1.29, 1.82) is 0 Å². The first-order valence-electron chi connectivity index (χ1n) is 14.4. The summed E-state index contributed by atoms with van der Waals surface area (Å²) < 4.78 is 20.3. The van der Waals surface area contributed by atoms with Gasteiger partial charge in [-0.05, 0) is 69.9 Å². The monoisotopic (exact) mass is 609 g/mol. The van der Waals surface area contributed by atoms with E-state index in [2.05, 4.69) is 4.98 Å². The topological polar surface area (TPSA) is 146 Å². The Morgan fingerprint density at radius 1 is 1.19 bits per heavy atom. The molecule has 3 unspecified atom stereocenters. The number of oxazole rings is 1. The number of carboxylic acids is 1. The van der Waals surface area contributed by atoms with Crippen LogP contribution in [-0.4, -0.2) is 49.6 Å². The van der Waals surface area contributed by atoms with Gasteiger partial charge in [-0.15, -0.1) is 11.3 Å². The molecule has 0 aliphatic heterocycles. The first-order chi connectivity index (χ1) is 20.5. The quantitative estimate of drug-likeness (QED) is 0.283. The van der Waals surface area contributed by atoms with Crippen molar-refractivity contribution in [3.05, 3.63) is 68.7 Å². The number of hydrogen-bond donors (Lipinski definition) is 2. The summed E-state index contributed by atoms with van der Waals surface area (Å²) in [6.45, 7) is 4.42. The molecular weight excluding hydrogens is 574 g/mol. The van der Waals surface area contributed by atoms with Crippen LogP contribution in [0.4, 0.5) is 0 Å². The van der Waals surface area contributed by atoms with Gasteiger partial charge in [0, 0.05) is 5.56 Å². The number of thiophene rings is 1. The van der Waals surface area contributed by atoms with Gasteiger partial charge in [0.2, 0.25) is 5.89 Å². The average Bonchev–Trinajstić information content (AvgIpc) is 3.74. The van der Waals surface area contributed by atoms with Crippen molar-refractivity contribution < 1.29 is 28.9 Å². The summed E-state index contributed by atoms with van der Waals surface area (Å²) in [6.07, 6.45) is 5.03. The molecule has 43 heavy (non-hydrogen) atoms. The van der Waals surface area contributed by atoms with Crippen LogP contribution in [0.1, 0.15) is 56.8 Å². The zero-order valence-corrected chi connectivity index (χ0v) is 25.3. The number of rotatable bonds is 9. The van der Waals surface area contributed by atoms with E-state index in [1.165, 1.54) is 42.2 Å². The molecular formula is C31H35N3O8S. The second kappa shape index (κ2) is 11.1. The number of hydrogen-bond acceptors (Lipinski definition) is 9. The Morgan fingerprint density at radius 2 is 1.88 bits per heavy atom. The average molecular weight is 610 g/mol. The van der Waals surface area contributed by atoms with Gasteiger partial charge in [0.15, 0.2) is 0 Å². The van der Waals surface area contributed by atoms with Crippen molar-refractivity contribution in [2.24, 2.45) is 11.8 Å². The van der Waals surface area contributed by atoms with Crippen LogP contribution in [0, 0.1) is 18.8 Å². The zero-order chi connectivity index (χ0) is 30.6. The number of aliphatic carboxylic acids is 1. The Balaban J connectivity index is 1.52. The first kappa shape index (κ1) is 29.3. The normalized spacial score (nSPS) is 22.6. The van der Waals surface area contributed by atoms with Gasteiger partial charge in [0.05, 0.1) is 42.3 Å². The summed E-state index contributed by atoms with van der Waals surface area (Å²) in [4.78, 5) is 45.7. The molecule has 6 rings (SSSR count). The van der Waals surface area contributed by atoms with Crippen LogP contribution < -0.4 is 16.0 Å². The SMILES string of the molecule is COc1ccccc1C(Cn1c(=O)n(C(C)(C)C(=O)O)c(=O)c2c(C)c(-c3ncco3)sc21)OC1C[C@H]2CC(O)C[C@H]2C1. The van der Waals surface area contributed by atoms with Crippen LogP contribution in [0.5, 0.6) is 5.75 Å². The Labute approximate surface area is 251 Å². The number of ether oxygens (including phenoxy) is 2. The summed E-state index contributed by atoms with van der Waals surface area (Å²) >= 11 is 1.20. The molecule has 0 radical (unpaired) electrons. The Kier molecular flexibility index (Phi) is 7.55. The number of aliphatic hydroxyl groups excluding tert-OH is 1. The fourth-order valence-electron chi connectivity index (χ4n) is 6.82. The van der Waals surface area contributed by atoms with E-state index in [1.54, 1.807) is 14.0 Å². The van der Waals surface area contributed by atoms with E-state index in [4.69, 9.17) is 13.9 Å². The third-order valence-corrected chi connectivity index (χ3v) is 10.4. The molecule has 5 atom stereocenters. The van der Waals surface area contributed by atoms with Crippen molar-refractivity contribution in [3.63, 3.8) is 0 Å². The van der Waals surface area contributed by atoms with Crippen molar-refractivity contribution >= 4 is 27.5 Å². The van der Waals surface area contributed by atoms with Crippen LogP contribution in [0.2, 0.25) is 0 Å². The van der Waals surface area contributed by atoms with Gasteiger partial charge >= 0.3 is 11.7 Å². The van der Waals surface area contributed by atoms with Gasteiger partial charge in [-0.3, -0.25) is 9.36 Å². The Morgan fingerprint density at radius 3 is 2.51 bits per heavy atom. The molecule has 4 aromatic rings. The number of para-hydroxylation sites is 1. The largest absolute Gasteiger partial charge is 0.496 e. The van der Waals surface area contributed by atoms with E-state index in [0.29, 0.717) is 38.7 Å². The lowest BCUT2D eigenvalue weighted by Gasteiger charge is -2.27. The molecule has 2 aliphatic rings. The third-order valence-electron chi connectivity index (χ3n) is 9.06. The van der Waals surface area contributed by atoms with Crippen molar-refractivity contribution in [2.45, 2.75) is 76.9 Å². The van der Waals surface area contributed by atoms with Gasteiger partial charge in [0.1, 0.15) is 28.5 Å². The van der Waals surface area contributed by atoms with Gasteiger partial charge in [-0.2, -0.15) is 0 Å². The van der Waals surface area contributed by atoms with Crippen LogP contribution in [0.3, 0.4) is 0 Å². The number of fused-ring (bicyclic) bond motifs is 2. The number of benzene rings is 1. The maximum atomic E-state index is 14.2. The van der Waals surface area contributed by atoms with Crippen molar-refractivity contribution in [1.82, 2.24) is 14.1 Å². The smallest absolute Gasteiger partial charge is 0.333 e. The molecule has 2 saturated carbocycles. The number of methoxy groups -OCH3 is 1. The molecule has 11 nitrogen and oxygen atoms in total. The predicted molar refractivity (Wildman–Crippen MR) is 160 cm³/mol. The summed E-state index contributed by atoms with van der Waals surface area (Å²) in [6, 6.07) is 7.44. The molecule has 2 fully saturated rings. The van der Waals surface area contributed by atoms with E-state index < -0.39 is 28.9 Å². The van der Waals surface area contributed by atoms with Crippen LogP contribution in [0.15, 0.2) is 50.7 Å². The molecule has 2 aliphatic carbocycles. The summed E-state index contributed by atoms with van der Waals surface area (Å²) in [5.74, 6) is 0.352. The highest BCUT2D eigenvalue weighted by atomic mass is 32.1. The lowest BCUT2D eigenvalue weighted by atomic mass is 10.0. The highest BCUT2D eigenvalue weighted by molar-refractivity contribution is 7.22. The van der Waals surface area contributed by atoms with Gasteiger partial charge in [-0.1, -0.05) is 18.2 Å². The molecule has 0 spiro atoms. The van der Waals surface area contributed by atoms with Crippen molar-refractivity contribution in [2.75, 3.05) is 7.11 Å². The molecule has 0 bridgehead atoms. The van der Waals surface area contributed by atoms with Gasteiger partial charge < -0.3 is 24.1 Å². The van der Waals surface area contributed by atoms with Crippen molar-refractivity contribution in [3.8, 4) is 16.5 Å². The van der Waals surface area contributed by atoms with Gasteiger partial charge in [0.25, 0.3) is 5.56 Å². The molecule has 12 heteroatoms. The minimum absolute atomic E-state index is 0.00508. The number of carbonyl (C=O) groups is 1. The zero-order valence-electron chi connectivity index (χ0n) is 24.5. The second-order valence-corrected chi connectivity index (χ2v) is 13.1. The molecule has 2 N–H and O–H groups in total. The number of aryl methyl sites for hydroxylation is 1. The highest BCUT2D eigenvalue weighted by Gasteiger charge is 2.43. The van der Waals surface area contributed by atoms with E-state index in [9.17, 15) is 24.6 Å². The van der Waals surface area contributed by atoms with E-state index in [-0.39, 0.29) is 24.1 Å². The number of aliphatic hydroxyl groups is 1. The highest BCUT2D eigenvalue weighted by Crippen LogP contribution is 2.47. The molecule has 228 valence electrons. The van der Waals surface area contributed by atoms with Crippen LogP contribution in [-0.2, 0) is 21.6 Å². The number of aromatic nitrogens is 3. The standard InChI is InChI=1S/C31H35N3O8S/c1-16-24-27(36)34(31(2,3)29(37)38)30(39)33(28(24)43-25(16)26-32-9-10-41-26)15-23(21-7-5-6-8-22(21)40-4)42-20-13-17-11-19(35)12-18(17)14-20/h5-10,17-20,23,35H,11-15H2,1-4H3,(H,37,38)/t17-,18+,19?,20?,23?. The number of nitrogens with zero attached hydrogens (tertiary/aromatic N) is 3. The minimum atomic E-state index is -1.83.